The number of carbonyl (C=O) groups excluding carboxylic acids is 1. The second-order valence-corrected chi connectivity index (χ2v) is 9.30. The van der Waals surface area contributed by atoms with E-state index in [2.05, 4.69) is 22.1 Å². The zero-order valence-electron chi connectivity index (χ0n) is 17.0. The van der Waals surface area contributed by atoms with Crippen molar-refractivity contribution in [1.29, 1.82) is 0 Å². The molecule has 0 unspecified atom stereocenters. The molecule has 1 aromatic heterocycles. The summed E-state index contributed by atoms with van der Waals surface area (Å²) in [5, 5.41) is 3.37. The molecule has 28 heavy (non-hydrogen) atoms. The van der Waals surface area contributed by atoms with Crippen molar-refractivity contribution in [2.45, 2.75) is 57.4 Å². The molecule has 1 aromatic rings. The van der Waals surface area contributed by atoms with Crippen molar-refractivity contribution in [3.8, 4) is 0 Å². The van der Waals surface area contributed by atoms with Crippen LogP contribution in [-0.2, 0) is 16.1 Å². The molecular formula is C21H30F2N4O. The monoisotopic (exact) mass is 392 g/mol. The molecule has 154 valence electrons. The maximum atomic E-state index is 14.8. The molecule has 1 aliphatic carbocycles. The number of nitrogens with one attached hydrogen (secondary N) is 1. The van der Waals surface area contributed by atoms with Gasteiger partial charge in [0.25, 0.3) is 5.92 Å². The van der Waals surface area contributed by atoms with E-state index in [4.69, 9.17) is 0 Å². The van der Waals surface area contributed by atoms with Crippen LogP contribution in [0.5, 0.6) is 0 Å². The summed E-state index contributed by atoms with van der Waals surface area (Å²) in [5.41, 5.74) is 0.908. The number of halogens is 2. The first-order valence-electron chi connectivity index (χ1n) is 10.3. The number of alkyl halides is 2. The predicted octanol–water partition coefficient (Wildman–Crippen LogP) is 2.89. The van der Waals surface area contributed by atoms with E-state index in [9.17, 15) is 13.6 Å². The number of amides is 1. The van der Waals surface area contributed by atoms with Crippen LogP contribution in [0.4, 0.5) is 14.5 Å². The SMILES string of the molecule is C[C@@H]1CN(CC(=O)N2CC(C)(C)c3ncc(C(F)(F)C4CCC4)cc32)CCN1. The van der Waals surface area contributed by atoms with Crippen molar-refractivity contribution >= 4 is 11.6 Å². The number of carbonyl (C=O) groups is 1. The highest BCUT2D eigenvalue weighted by Crippen LogP contribution is 2.48. The van der Waals surface area contributed by atoms with E-state index in [0.29, 0.717) is 37.7 Å². The van der Waals surface area contributed by atoms with Crippen molar-refractivity contribution in [2.24, 2.45) is 5.92 Å². The van der Waals surface area contributed by atoms with Crippen LogP contribution in [0.25, 0.3) is 0 Å². The van der Waals surface area contributed by atoms with Crippen LogP contribution in [0.2, 0.25) is 0 Å². The van der Waals surface area contributed by atoms with Gasteiger partial charge in [-0.15, -0.1) is 0 Å². The third-order valence-corrected chi connectivity index (χ3v) is 6.47. The van der Waals surface area contributed by atoms with Crippen LogP contribution in [0.15, 0.2) is 12.3 Å². The Morgan fingerprint density at radius 3 is 2.79 bits per heavy atom. The Balaban J connectivity index is 1.59. The first kappa shape index (κ1) is 19.7. The van der Waals surface area contributed by atoms with Crippen LogP contribution < -0.4 is 10.2 Å². The predicted molar refractivity (Wildman–Crippen MR) is 105 cm³/mol. The van der Waals surface area contributed by atoms with Gasteiger partial charge < -0.3 is 10.2 Å². The van der Waals surface area contributed by atoms with Gasteiger partial charge in [-0.3, -0.25) is 14.7 Å². The molecule has 1 saturated heterocycles. The maximum Gasteiger partial charge on any atom is 0.277 e. The Bertz CT molecular complexity index is 763. The van der Waals surface area contributed by atoms with Gasteiger partial charge in [0.1, 0.15) is 0 Å². The number of pyridine rings is 1. The highest BCUT2D eigenvalue weighted by Gasteiger charge is 2.47. The molecule has 2 fully saturated rings. The van der Waals surface area contributed by atoms with Crippen molar-refractivity contribution in [3.05, 3.63) is 23.5 Å². The van der Waals surface area contributed by atoms with Gasteiger partial charge in [0.15, 0.2) is 0 Å². The fourth-order valence-corrected chi connectivity index (χ4v) is 4.58. The summed E-state index contributed by atoms with van der Waals surface area (Å²) in [4.78, 5) is 21.3. The summed E-state index contributed by atoms with van der Waals surface area (Å²) < 4.78 is 29.7. The van der Waals surface area contributed by atoms with E-state index < -0.39 is 11.8 Å². The molecule has 0 bridgehead atoms. The largest absolute Gasteiger partial charge is 0.312 e. The lowest BCUT2D eigenvalue weighted by Crippen LogP contribution is -2.52. The summed E-state index contributed by atoms with van der Waals surface area (Å²) in [6.45, 7) is 9.41. The molecule has 1 amide bonds. The molecule has 3 heterocycles. The normalized spacial score (nSPS) is 25.5. The molecule has 3 aliphatic rings. The summed E-state index contributed by atoms with van der Waals surface area (Å²) in [7, 11) is 0. The van der Waals surface area contributed by atoms with Gasteiger partial charge in [0.05, 0.1) is 17.9 Å². The number of piperazine rings is 1. The summed E-state index contributed by atoms with van der Waals surface area (Å²) in [6, 6.07) is 1.87. The van der Waals surface area contributed by atoms with Crippen LogP contribution in [-0.4, -0.2) is 54.6 Å². The molecule has 4 rings (SSSR count). The molecule has 1 atom stereocenters. The van der Waals surface area contributed by atoms with Crippen molar-refractivity contribution in [2.75, 3.05) is 37.6 Å². The third kappa shape index (κ3) is 3.43. The van der Waals surface area contributed by atoms with Gasteiger partial charge in [0.2, 0.25) is 5.91 Å². The Morgan fingerprint density at radius 2 is 2.14 bits per heavy atom. The van der Waals surface area contributed by atoms with E-state index in [1.54, 1.807) is 4.90 Å². The van der Waals surface area contributed by atoms with Gasteiger partial charge in [-0.2, -0.15) is 0 Å². The Morgan fingerprint density at radius 1 is 1.39 bits per heavy atom. The molecule has 0 radical (unpaired) electrons. The van der Waals surface area contributed by atoms with Crippen LogP contribution in [0.1, 0.15) is 51.3 Å². The van der Waals surface area contributed by atoms with Crippen molar-refractivity contribution in [1.82, 2.24) is 15.2 Å². The number of nitrogens with zero attached hydrogens (tertiary/aromatic N) is 3. The summed E-state index contributed by atoms with van der Waals surface area (Å²) in [5.74, 6) is -3.52. The second kappa shape index (κ2) is 7.02. The van der Waals surface area contributed by atoms with E-state index in [1.165, 1.54) is 12.3 Å². The highest BCUT2D eigenvalue weighted by molar-refractivity contribution is 5.97. The number of fused-ring (bicyclic) bond motifs is 1. The topological polar surface area (TPSA) is 48.5 Å². The fraction of sp³-hybridized carbons (Fsp3) is 0.714. The molecule has 0 spiro atoms. The summed E-state index contributed by atoms with van der Waals surface area (Å²) in [6.07, 6.45) is 3.29. The van der Waals surface area contributed by atoms with Crippen molar-refractivity contribution in [3.63, 3.8) is 0 Å². The lowest BCUT2D eigenvalue weighted by atomic mass is 9.78. The number of hydrogen-bond donors (Lipinski definition) is 1. The minimum Gasteiger partial charge on any atom is -0.312 e. The third-order valence-electron chi connectivity index (χ3n) is 6.47. The van der Waals surface area contributed by atoms with Gasteiger partial charge in [-0.1, -0.05) is 20.3 Å². The standard InChI is InChI=1S/C21H30F2N4O/c1-14-11-26(8-7-24-14)12-18(28)27-13-20(2,3)19-17(27)9-16(10-25-19)21(22,23)15-5-4-6-15/h9-10,14-15,24H,4-8,11-13H2,1-3H3/t14-/m1/s1. The minimum atomic E-state index is -2.88. The second-order valence-electron chi connectivity index (χ2n) is 9.30. The lowest BCUT2D eigenvalue weighted by Gasteiger charge is -2.34. The van der Waals surface area contributed by atoms with Crippen LogP contribution >= 0.6 is 0 Å². The van der Waals surface area contributed by atoms with E-state index in [0.717, 1.165) is 31.7 Å². The first-order chi connectivity index (χ1) is 13.2. The lowest BCUT2D eigenvalue weighted by molar-refractivity contribution is -0.120. The Labute approximate surface area is 165 Å². The Hall–Kier alpha value is -1.60. The minimum absolute atomic E-state index is 0.0353. The van der Waals surface area contributed by atoms with Gasteiger partial charge in [-0.05, 0) is 25.8 Å². The number of hydrogen-bond acceptors (Lipinski definition) is 4. The summed E-state index contributed by atoms with van der Waals surface area (Å²) >= 11 is 0. The van der Waals surface area contributed by atoms with Gasteiger partial charge in [0, 0.05) is 55.3 Å². The zero-order valence-corrected chi connectivity index (χ0v) is 17.0. The average molecular weight is 392 g/mol. The van der Waals surface area contributed by atoms with E-state index in [-0.39, 0.29) is 16.9 Å². The molecule has 2 aliphatic heterocycles. The van der Waals surface area contributed by atoms with Gasteiger partial charge >= 0.3 is 0 Å². The molecule has 7 heteroatoms. The quantitative estimate of drug-likeness (QED) is 0.856. The molecule has 1 saturated carbocycles. The maximum absolute atomic E-state index is 14.8. The van der Waals surface area contributed by atoms with Crippen LogP contribution in [0.3, 0.4) is 0 Å². The van der Waals surface area contributed by atoms with Crippen molar-refractivity contribution < 1.29 is 13.6 Å². The number of anilines is 1. The van der Waals surface area contributed by atoms with Crippen LogP contribution in [0, 0.1) is 5.92 Å². The number of aromatic nitrogens is 1. The first-order valence-corrected chi connectivity index (χ1v) is 10.3. The molecule has 5 nitrogen and oxygen atoms in total. The van der Waals surface area contributed by atoms with E-state index >= 15 is 0 Å². The van der Waals surface area contributed by atoms with E-state index in [1.807, 2.05) is 13.8 Å². The molecule has 1 N–H and O–H groups in total. The Kier molecular flexibility index (Phi) is 4.94. The van der Waals surface area contributed by atoms with Gasteiger partial charge in [-0.25, -0.2) is 8.78 Å². The molecule has 0 aromatic carbocycles. The highest BCUT2D eigenvalue weighted by atomic mass is 19.3. The average Bonchev–Trinajstić information content (AvgIpc) is 2.84. The fourth-order valence-electron chi connectivity index (χ4n) is 4.58. The molecular weight excluding hydrogens is 362 g/mol. The smallest absolute Gasteiger partial charge is 0.277 e. The number of rotatable bonds is 4. The zero-order chi connectivity index (χ0) is 20.1.